The van der Waals surface area contributed by atoms with E-state index in [1.807, 2.05) is 13.1 Å². The normalized spacial score (nSPS) is 32.3. The molecule has 0 saturated heterocycles. The summed E-state index contributed by atoms with van der Waals surface area (Å²) in [5, 5.41) is 0. The molecular formula is C12H15NO. The molecule has 3 rings (SSSR count). The first kappa shape index (κ1) is 8.27. The number of aromatic nitrogens is 1. The van der Waals surface area contributed by atoms with E-state index in [1.165, 1.54) is 17.5 Å². The minimum Gasteiger partial charge on any atom is -0.478 e. The first-order valence-corrected chi connectivity index (χ1v) is 5.43. The maximum Gasteiger partial charge on any atom is 0.213 e. The molecule has 0 aliphatic heterocycles. The Bertz CT molecular complexity index is 375. The van der Waals surface area contributed by atoms with Gasteiger partial charge in [0, 0.05) is 12.3 Å². The second-order valence-electron chi connectivity index (χ2n) is 4.41. The predicted octanol–water partition coefficient (Wildman–Crippen LogP) is 2.39. The lowest BCUT2D eigenvalue weighted by Crippen LogP contribution is -1.98. The Labute approximate surface area is 84.3 Å². The van der Waals surface area contributed by atoms with Crippen molar-refractivity contribution >= 4 is 0 Å². The van der Waals surface area contributed by atoms with Crippen molar-refractivity contribution in [1.29, 1.82) is 0 Å². The van der Waals surface area contributed by atoms with Gasteiger partial charge in [-0.25, -0.2) is 4.98 Å². The lowest BCUT2D eigenvalue weighted by Gasteiger charge is -2.07. The summed E-state index contributed by atoms with van der Waals surface area (Å²) in [6, 6.07) is 2.12. The monoisotopic (exact) mass is 189 g/mol. The predicted molar refractivity (Wildman–Crippen MR) is 54.5 cm³/mol. The lowest BCUT2D eigenvalue weighted by molar-refractivity contribution is 0.326. The van der Waals surface area contributed by atoms with Crippen molar-refractivity contribution in [2.24, 2.45) is 11.8 Å². The third-order valence-electron chi connectivity index (χ3n) is 3.67. The molecule has 1 saturated carbocycles. The Kier molecular flexibility index (Phi) is 1.61. The van der Waals surface area contributed by atoms with Gasteiger partial charge in [0.15, 0.2) is 0 Å². The Hall–Kier alpha value is -1.05. The van der Waals surface area contributed by atoms with Crippen LogP contribution in [0.15, 0.2) is 12.3 Å². The van der Waals surface area contributed by atoms with E-state index >= 15 is 0 Å². The van der Waals surface area contributed by atoms with Crippen LogP contribution in [0.25, 0.3) is 0 Å². The molecule has 0 radical (unpaired) electrons. The fourth-order valence-electron chi connectivity index (χ4n) is 2.82. The molecular weight excluding hydrogens is 174 g/mol. The van der Waals surface area contributed by atoms with Crippen LogP contribution in [0.4, 0.5) is 0 Å². The number of fused-ring (bicyclic) bond motifs is 3. The van der Waals surface area contributed by atoms with Gasteiger partial charge in [0.25, 0.3) is 0 Å². The molecule has 1 fully saturated rings. The smallest absolute Gasteiger partial charge is 0.213 e. The molecule has 2 aliphatic carbocycles. The fourth-order valence-corrected chi connectivity index (χ4v) is 2.82. The average Bonchev–Trinajstić information content (AvgIpc) is 2.67. The first-order valence-electron chi connectivity index (χ1n) is 5.43. The minimum atomic E-state index is 0.703. The molecule has 74 valence electrons. The van der Waals surface area contributed by atoms with E-state index in [-0.39, 0.29) is 0 Å². The van der Waals surface area contributed by atoms with E-state index in [0.29, 0.717) is 6.61 Å². The Morgan fingerprint density at radius 1 is 1.57 bits per heavy atom. The highest BCUT2D eigenvalue weighted by Gasteiger charge is 2.52. The molecule has 1 heterocycles. The topological polar surface area (TPSA) is 22.1 Å². The van der Waals surface area contributed by atoms with Crippen LogP contribution in [0.5, 0.6) is 5.88 Å². The van der Waals surface area contributed by atoms with Gasteiger partial charge in [0.2, 0.25) is 5.88 Å². The van der Waals surface area contributed by atoms with Crippen LogP contribution in [0.1, 0.15) is 30.9 Å². The standard InChI is InChI=1S/C12H15NO/c1-3-14-11-5-8-4-9-7(2)12(9)10(8)6-13-11/h5-7,9,12H,3-4H2,1-2H3. The van der Waals surface area contributed by atoms with Crippen LogP contribution in [0.3, 0.4) is 0 Å². The highest BCUT2D eigenvalue weighted by atomic mass is 16.5. The molecule has 0 bridgehead atoms. The third-order valence-corrected chi connectivity index (χ3v) is 3.67. The number of ether oxygens (including phenoxy) is 1. The van der Waals surface area contributed by atoms with E-state index in [0.717, 1.165) is 23.6 Å². The minimum absolute atomic E-state index is 0.703. The van der Waals surface area contributed by atoms with Crippen molar-refractivity contribution < 1.29 is 4.74 Å². The molecule has 0 amide bonds. The Balaban J connectivity index is 1.92. The van der Waals surface area contributed by atoms with Gasteiger partial charge in [-0.15, -0.1) is 0 Å². The highest BCUT2D eigenvalue weighted by molar-refractivity contribution is 5.43. The molecule has 1 aromatic rings. The molecule has 2 heteroatoms. The lowest BCUT2D eigenvalue weighted by atomic mass is 10.1. The largest absolute Gasteiger partial charge is 0.478 e. The summed E-state index contributed by atoms with van der Waals surface area (Å²) in [4.78, 5) is 4.33. The second kappa shape index (κ2) is 2.72. The summed E-state index contributed by atoms with van der Waals surface area (Å²) in [5.41, 5.74) is 2.95. The van der Waals surface area contributed by atoms with Crippen molar-refractivity contribution in [2.45, 2.75) is 26.2 Å². The van der Waals surface area contributed by atoms with Crippen LogP contribution in [-0.4, -0.2) is 11.6 Å². The summed E-state index contributed by atoms with van der Waals surface area (Å²) in [6.07, 6.45) is 3.26. The van der Waals surface area contributed by atoms with Crippen LogP contribution in [0, 0.1) is 11.8 Å². The van der Waals surface area contributed by atoms with Crippen LogP contribution in [0.2, 0.25) is 0 Å². The summed E-state index contributed by atoms with van der Waals surface area (Å²) in [7, 11) is 0. The van der Waals surface area contributed by atoms with Crippen molar-refractivity contribution in [1.82, 2.24) is 4.98 Å². The van der Waals surface area contributed by atoms with Crippen molar-refractivity contribution in [3.05, 3.63) is 23.4 Å². The van der Waals surface area contributed by atoms with Crippen molar-refractivity contribution in [3.8, 4) is 5.88 Å². The molecule has 14 heavy (non-hydrogen) atoms. The third kappa shape index (κ3) is 0.999. The van der Waals surface area contributed by atoms with E-state index in [1.54, 1.807) is 0 Å². The second-order valence-corrected chi connectivity index (χ2v) is 4.41. The number of nitrogens with zero attached hydrogens (tertiary/aromatic N) is 1. The zero-order valence-electron chi connectivity index (χ0n) is 8.66. The zero-order valence-corrected chi connectivity index (χ0v) is 8.66. The molecule has 0 spiro atoms. The first-order chi connectivity index (χ1) is 6.81. The molecule has 3 unspecified atom stereocenters. The quantitative estimate of drug-likeness (QED) is 0.712. The number of pyridine rings is 1. The van der Waals surface area contributed by atoms with Gasteiger partial charge in [-0.2, -0.15) is 0 Å². The van der Waals surface area contributed by atoms with E-state index in [9.17, 15) is 0 Å². The molecule has 1 aromatic heterocycles. The Morgan fingerprint density at radius 3 is 3.21 bits per heavy atom. The van der Waals surface area contributed by atoms with Crippen LogP contribution < -0.4 is 4.74 Å². The Morgan fingerprint density at radius 2 is 2.43 bits per heavy atom. The number of hydrogen-bond donors (Lipinski definition) is 0. The summed E-state index contributed by atoms with van der Waals surface area (Å²) in [6.45, 7) is 5.04. The van der Waals surface area contributed by atoms with Crippen molar-refractivity contribution in [3.63, 3.8) is 0 Å². The summed E-state index contributed by atoms with van der Waals surface area (Å²) >= 11 is 0. The number of hydrogen-bond acceptors (Lipinski definition) is 2. The molecule has 0 aromatic carbocycles. The van der Waals surface area contributed by atoms with Gasteiger partial charge < -0.3 is 4.74 Å². The van der Waals surface area contributed by atoms with Gasteiger partial charge in [-0.05, 0) is 42.2 Å². The van der Waals surface area contributed by atoms with E-state index in [2.05, 4.69) is 18.0 Å². The van der Waals surface area contributed by atoms with Gasteiger partial charge in [-0.1, -0.05) is 6.92 Å². The summed E-state index contributed by atoms with van der Waals surface area (Å²) < 4.78 is 5.40. The molecule has 2 aliphatic rings. The molecule has 0 N–H and O–H groups in total. The van der Waals surface area contributed by atoms with Gasteiger partial charge >= 0.3 is 0 Å². The SMILES string of the molecule is CCOc1cc2c(cn1)C1C(C)C1C2. The summed E-state index contributed by atoms with van der Waals surface area (Å²) in [5.74, 6) is 3.40. The van der Waals surface area contributed by atoms with E-state index in [4.69, 9.17) is 4.74 Å². The van der Waals surface area contributed by atoms with Crippen molar-refractivity contribution in [2.75, 3.05) is 6.61 Å². The average molecular weight is 189 g/mol. The zero-order chi connectivity index (χ0) is 9.71. The van der Waals surface area contributed by atoms with Crippen LogP contribution in [-0.2, 0) is 6.42 Å². The molecule has 2 nitrogen and oxygen atoms in total. The van der Waals surface area contributed by atoms with Gasteiger partial charge in [0.1, 0.15) is 0 Å². The highest BCUT2D eigenvalue weighted by Crippen LogP contribution is 2.61. The number of rotatable bonds is 2. The van der Waals surface area contributed by atoms with Gasteiger partial charge in [-0.3, -0.25) is 0 Å². The fraction of sp³-hybridized carbons (Fsp3) is 0.583. The maximum absolute atomic E-state index is 5.40. The van der Waals surface area contributed by atoms with E-state index < -0.39 is 0 Å². The maximum atomic E-state index is 5.40. The van der Waals surface area contributed by atoms with Gasteiger partial charge in [0.05, 0.1) is 6.61 Å². The van der Waals surface area contributed by atoms with Crippen LogP contribution >= 0.6 is 0 Å². The molecule has 3 atom stereocenters.